The number of hydrogen-bond acceptors (Lipinski definition) is 0. The lowest BCUT2D eigenvalue weighted by Gasteiger charge is -2.22. The molecule has 2 aliphatic carbocycles. The number of benzene rings is 2. The predicted molar refractivity (Wildman–Crippen MR) is 105 cm³/mol. The van der Waals surface area contributed by atoms with Gasteiger partial charge in [-0.3, -0.25) is 0 Å². The highest BCUT2D eigenvalue weighted by Crippen LogP contribution is 2.30. The van der Waals surface area contributed by atoms with E-state index < -0.39 is 11.6 Å². The zero-order valence-corrected chi connectivity index (χ0v) is 16.5. The molecule has 0 heterocycles. The van der Waals surface area contributed by atoms with E-state index in [1.165, 1.54) is 24.8 Å². The molecule has 0 amide bonds. The molecule has 0 spiro atoms. The van der Waals surface area contributed by atoms with E-state index in [9.17, 15) is 8.78 Å². The van der Waals surface area contributed by atoms with E-state index in [4.69, 9.17) is 0 Å². The van der Waals surface area contributed by atoms with Gasteiger partial charge in [0.05, 0.1) is 0 Å². The second-order valence-corrected chi connectivity index (χ2v) is 8.43. The second kappa shape index (κ2) is 7.90. The van der Waals surface area contributed by atoms with E-state index in [-0.39, 0.29) is 0 Å². The molecule has 0 bridgehead atoms. The van der Waals surface area contributed by atoms with E-state index in [0.29, 0.717) is 23.5 Å². The summed E-state index contributed by atoms with van der Waals surface area (Å²) < 4.78 is 26.8. The molecule has 2 aromatic rings. The van der Waals surface area contributed by atoms with Gasteiger partial charge in [0.25, 0.3) is 0 Å². The molecule has 0 saturated carbocycles. The van der Waals surface area contributed by atoms with Gasteiger partial charge < -0.3 is 0 Å². The van der Waals surface area contributed by atoms with Gasteiger partial charge >= 0.3 is 0 Å². The van der Waals surface area contributed by atoms with Crippen LogP contribution in [0.3, 0.4) is 0 Å². The van der Waals surface area contributed by atoms with Crippen LogP contribution in [0.5, 0.6) is 0 Å². The molecule has 4 rings (SSSR count). The van der Waals surface area contributed by atoms with Crippen LogP contribution in [-0.4, -0.2) is 0 Å². The Kier molecular flexibility index (Phi) is 5.79. The minimum Gasteiger partial charge on any atom is -0.203 e. The lowest BCUT2D eigenvalue weighted by molar-refractivity contribution is 0.446. The standard InChI is InChI=1S/C12H14F2.C12H16/c1-7-3-4-9-6-8(2)11(13)12(14)10(9)5-7;1-9-3-5-12-8-10(2)4-6-11(12)7-9/h6-7H,3-5H2,1-2H3;3,5,7,10H,4,6,8H2,1-2H3. The second-order valence-electron chi connectivity index (χ2n) is 8.43. The van der Waals surface area contributed by atoms with Crippen molar-refractivity contribution >= 4 is 0 Å². The number of rotatable bonds is 0. The van der Waals surface area contributed by atoms with Gasteiger partial charge in [-0.05, 0) is 92.0 Å². The highest BCUT2D eigenvalue weighted by atomic mass is 19.2. The Balaban J connectivity index is 0.000000152. The average molecular weight is 357 g/mol. The normalized spacial score (nSPS) is 21.3. The lowest BCUT2D eigenvalue weighted by Crippen LogP contribution is -2.14. The summed E-state index contributed by atoms with van der Waals surface area (Å²) in [4.78, 5) is 0. The molecule has 0 radical (unpaired) electrons. The summed E-state index contributed by atoms with van der Waals surface area (Å²) in [6.07, 6.45) is 6.59. The van der Waals surface area contributed by atoms with Crippen molar-refractivity contribution in [1.29, 1.82) is 0 Å². The van der Waals surface area contributed by atoms with Crippen LogP contribution in [0.2, 0.25) is 0 Å². The van der Waals surface area contributed by atoms with Crippen LogP contribution >= 0.6 is 0 Å². The van der Waals surface area contributed by atoms with Gasteiger partial charge in [-0.15, -0.1) is 0 Å². The van der Waals surface area contributed by atoms with Crippen molar-refractivity contribution in [3.63, 3.8) is 0 Å². The third-order valence-corrected chi connectivity index (χ3v) is 5.88. The predicted octanol–water partition coefficient (Wildman–Crippen LogP) is 6.52. The largest absolute Gasteiger partial charge is 0.203 e. The first kappa shape index (κ1) is 19.1. The maximum Gasteiger partial charge on any atom is 0.162 e. The minimum absolute atomic E-state index is 0.427. The third kappa shape index (κ3) is 4.16. The molecule has 0 saturated heterocycles. The first-order chi connectivity index (χ1) is 12.3. The average Bonchev–Trinajstić information content (AvgIpc) is 2.61. The topological polar surface area (TPSA) is 0 Å². The van der Waals surface area contributed by atoms with Crippen molar-refractivity contribution in [3.8, 4) is 0 Å². The molecule has 140 valence electrons. The van der Waals surface area contributed by atoms with Gasteiger partial charge in [0.15, 0.2) is 11.6 Å². The van der Waals surface area contributed by atoms with Crippen LogP contribution in [0.15, 0.2) is 24.3 Å². The minimum atomic E-state index is -0.669. The van der Waals surface area contributed by atoms with Crippen LogP contribution in [0.25, 0.3) is 0 Å². The molecule has 26 heavy (non-hydrogen) atoms. The fraction of sp³-hybridized carbons (Fsp3) is 0.500. The third-order valence-electron chi connectivity index (χ3n) is 5.88. The Bertz CT molecular complexity index is 791. The number of fused-ring (bicyclic) bond motifs is 2. The van der Waals surface area contributed by atoms with Crippen LogP contribution < -0.4 is 0 Å². The fourth-order valence-corrected chi connectivity index (χ4v) is 4.22. The Labute approximate surface area is 156 Å². The van der Waals surface area contributed by atoms with Crippen molar-refractivity contribution in [2.75, 3.05) is 0 Å². The van der Waals surface area contributed by atoms with Crippen molar-refractivity contribution in [1.82, 2.24) is 0 Å². The van der Waals surface area contributed by atoms with Gasteiger partial charge in [0.2, 0.25) is 0 Å². The van der Waals surface area contributed by atoms with E-state index in [2.05, 4.69) is 39.0 Å². The molecule has 0 aromatic heterocycles. The molecule has 2 heteroatoms. The molecular formula is C24H30F2. The summed E-state index contributed by atoms with van der Waals surface area (Å²) in [6.45, 7) is 8.23. The molecule has 2 unspecified atom stereocenters. The zero-order valence-electron chi connectivity index (χ0n) is 16.5. The smallest absolute Gasteiger partial charge is 0.162 e. The molecule has 2 atom stereocenters. The zero-order chi connectivity index (χ0) is 18.8. The Morgan fingerprint density at radius 2 is 1.42 bits per heavy atom. The van der Waals surface area contributed by atoms with Crippen molar-refractivity contribution < 1.29 is 8.78 Å². The van der Waals surface area contributed by atoms with Crippen molar-refractivity contribution in [3.05, 3.63) is 69.3 Å². The molecule has 0 fully saturated rings. The summed E-state index contributed by atoms with van der Waals surface area (Å²) in [5.41, 5.74) is 6.61. The van der Waals surface area contributed by atoms with Gasteiger partial charge in [-0.25, -0.2) is 8.78 Å². The highest BCUT2D eigenvalue weighted by molar-refractivity contribution is 5.36. The summed E-state index contributed by atoms with van der Waals surface area (Å²) in [5, 5.41) is 0. The van der Waals surface area contributed by atoms with Crippen LogP contribution in [0, 0.1) is 37.3 Å². The van der Waals surface area contributed by atoms with Crippen molar-refractivity contribution in [2.45, 2.75) is 66.2 Å². The summed E-state index contributed by atoms with van der Waals surface area (Å²) in [5.74, 6) is 0.0729. The van der Waals surface area contributed by atoms with Crippen molar-refractivity contribution in [2.24, 2.45) is 11.8 Å². The lowest BCUT2D eigenvalue weighted by atomic mass is 9.84. The summed E-state index contributed by atoms with van der Waals surface area (Å²) in [7, 11) is 0. The summed E-state index contributed by atoms with van der Waals surface area (Å²) in [6, 6.07) is 8.68. The Hall–Kier alpha value is -1.70. The number of aryl methyl sites for hydroxylation is 4. The number of hydrogen-bond donors (Lipinski definition) is 0. The van der Waals surface area contributed by atoms with Crippen LogP contribution in [0.1, 0.15) is 60.1 Å². The Morgan fingerprint density at radius 3 is 2.15 bits per heavy atom. The van der Waals surface area contributed by atoms with E-state index in [0.717, 1.165) is 24.3 Å². The first-order valence-corrected chi connectivity index (χ1v) is 9.90. The SMILES string of the molecule is Cc1cc2c(c(F)c1F)CC(C)CC2.Cc1ccc2c(c1)CCC(C)C2. The van der Waals surface area contributed by atoms with Gasteiger partial charge in [-0.1, -0.05) is 43.7 Å². The molecule has 2 aromatic carbocycles. The monoisotopic (exact) mass is 356 g/mol. The fourth-order valence-electron chi connectivity index (χ4n) is 4.22. The van der Waals surface area contributed by atoms with Crippen LogP contribution in [0.4, 0.5) is 8.78 Å². The number of halogens is 2. The molecule has 2 aliphatic rings. The van der Waals surface area contributed by atoms with Gasteiger partial charge in [-0.2, -0.15) is 0 Å². The van der Waals surface area contributed by atoms with E-state index in [1.54, 1.807) is 24.1 Å². The maximum absolute atomic E-state index is 13.5. The quantitative estimate of drug-likeness (QED) is 0.504. The van der Waals surface area contributed by atoms with E-state index in [1.807, 2.05) is 0 Å². The Morgan fingerprint density at radius 1 is 0.769 bits per heavy atom. The molecular weight excluding hydrogens is 326 g/mol. The van der Waals surface area contributed by atoms with E-state index >= 15 is 0 Å². The highest BCUT2D eigenvalue weighted by Gasteiger charge is 2.22. The van der Waals surface area contributed by atoms with Crippen LogP contribution in [-0.2, 0) is 25.7 Å². The molecule has 0 aliphatic heterocycles. The maximum atomic E-state index is 13.5. The summed E-state index contributed by atoms with van der Waals surface area (Å²) >= 11 is 0. The first-order valence-electron chi connectivity index (χ1n) is 9.90. The van der Waals surface area contributed by atoms with Gasteiger partial charge in [0, 0.05) is 0 Å². The molecule has 0 nitrogen and oxygen atoms in total. The van der Waals surface area contributed by atoms with Gasteiger partial charge in [0.1, 0.15) is 0 Å². The molecule has 0 N–H and O–H groups in total.